The van der Waals surface area contributed by atoms with E-state index in [4.69, 9.17) is 9.47 Å². The molecule has 1 heterocycles. The van der Waals surface area contributed by atoms with Crippen molar-refractivity contribution in [3.8, 4) is 11.5 Å². The van der Waals surface area contributed by atoms with Crippen LogP contribution in [0.2, 0.25) is 0 Å². The van der Waals surface area contributed by atoms with E-state index in [2.05, 4.69) is 0 Å². The minimum absolute atomic E-state index is 0.0647. The molecule has 4 heteroatoms. The summed E-state index contributed by atoms with van der Waals surface area (Å²) in [6.07, 6.45) is 1.89. The zero-order valence-electron chi connectivity index (χ0n) is 13.2. The standard InChI is InChI=1S/C19H18O3S/c1-3-21-15-10-7-8-13(19(15)22-4-2)12-17-18(20)14-9-5-6-11-16(14)23-17/h5-12H,3-4H2,1-2H3/b17-12-. The van der Waals surface area contributed by atoms with E-state index >= 15 is 0 Å². The molecular weight excluding hydrogens is 308 g/mol. The molecule has 0 amide bonds. The fourth-order valence-electron chi connectivity index (χ4n) is 2.49. The molecule has 0 radical (unpaired) electrons. The average Bonchev–Trinajstić information content (AvgIpc) is 2.87. The third kappa shape index (κ3) is 3.13. The number of para-hydroxylation sites is 1. The van der Waals surface area contributed by atoms with Crippen molar-refractivity contribution in [2.45, 2.75) is 18.7 Å². The fraction of sp³-hybridized carbons (Fsp3) is 0.211. The van der Waals surface area contributed by atoms with E-state index in [9.17, 15) is 4.79 Å². The van der Waals surface area contributed by atoms with Gasteiger partial charge in [0, 0.05) is 16.0 Å². The van der Waals surface area contributed by atoms with Crippen LogP contribution in [-0.4, -0.2) is 19.0 Å². The predicted molar refractivity (Wildman–Crippen MR) is 93.4 cm³/mol. The molecule has 0 aliphatic carbocycles. The zero-order chi connectivity index (χ0) is 16.2. The number of rotatable bonds is 5. The molecule has 23 heavy (non-hydrogen) atoms. The molecule has 3 nitrogen and oxygen atoms in total. The van der Waals surface area contributed by atoms with Crippen molar-refractivity contribution in [2.75, 3.05) is 13.2 Å². The number of carbonyl (C=O) groups excluding carboxylic acids is 1. The summed E-state index contributed by atoms with van der Waals surface area (Å²) in [6, 6.07) is 13.4. The van der Waals surface area contributed by atoms with Gasteiger partial charge < -0.3 is 9.47 Å². The van der Waals surface area contributed by atoms with E-state index in [-0.39, 0.29) is 5.78 Å². The molecule has 0 fully saturated rings. The topological polar surface area (TPSA) is 35.5 Å². The summed E-state index contributed by atoms with van der Waals surface area (Å²) >= 11 is 1.50. The van der Waals surface area contributed by atoms with E-state index in [1.165, 1.54) is 11.8 Å². The second kappa shape index (κ2) is 6.92. The van der Waals surface area contributed by atoms with Gasteiger partial charge in [0.2, 0.25) is 5.78 Å². The number of hydrogen-bond acceptors (Lipinski definition) is 4. The Labute approximate surface area is 140 Å². The number of allylic oxidation sites excluding steroid dienone is 1. The van der Waals surface area contributed by atoms with Crippen LogP contribution < -0.4 is 9.47 Å². The van der Waals surface area contributed by atoms with Crippen molar-refractivity contribution in [1.82, 2.24) is 0 Å². The number of carbonyl (C=O) groups is 1. The van der Waals surface area contributed by atoms with Gasteiger partial charge in [-0.05, 0) is 38.1 Å². The minimum atomic E-state index is 0.0647. The molecule has 0 bridgehead atoms. The summed E-state index contributed by atoms with van der Waals surface area (Å²) in [5.74, 6) is 1.46. The molecule has 1 aliphatic heterocycles. The largest absolute Gasteiger partial charge is 0.490 e. The quantitative estimate of drug-likeness (QED) is 0.738. The maximum absolute atomic E-state index is 12.5. The smallest absolute Gasteiger partial charge is 0.200 e. The highest BCUT2D eigenvalue weighted by Gasteiger charge is 2.25. The van der Waals surface area contributed by atoms with E-state index < -0.39 is 0 Å². The van der Waals surface area contributed by atoms with Crippen LogP contribution in [0.15, 0.2) is 52.3 Å². The molecule has 1 aliphatic rings. The van der Waals surface area contributed by atoms with Gasteiger partial charge in [0.1, 0.15) is 0 Å². The number of fused-ring (bicyclic) bond motifs is 1. The third-order valence-electron chi connectivity index (χ3n) is 3.46. The maximum Gasteiger partial charge on any atom is 0.200 e. The Hall–Kier alpha value is -2.20. The van der Waals surface area contributed by atoms with Gasteiger partial charge in [0.05, 0.1) is 18.1 Å². The molecule has 3 rings (SSSR count). The lowest BCUT2D eigenvalue weighted by atomic mass is 10.1. The molecule has 0 saturated carbocycles. The molecular formula is C19H18O3S. The van der Waals surface area contributed by atoms with Crippen LogP contribution in [0.5, 0.6) is 11.5 Å². The number of Topliss-reactive ketones (excluding diaryl/α,β-unsaturated/α-hetero) is 1. The Morgan fingerprint density at radius 3 is 2.52 bits per heavy atom. The molecule has 2 aromatic rings. The second-order valence-electron chi connectivity index (χ2n) is 4.98. The van der Waals surface area contributed by atoms with Crippen LogP contribution in [0.25, 0.3) is 6.08 Å². The Bertz CT molecular complexity index is 765. The van der Waals surface area contributed by atoms with E-state index in [0.29, 0.717) is 29.6 Å². The molecule has 0 unspecified atom stereocenters. The first-order chi connectivity index (χ1) is 11.2. The number of hydrogen-bond donors (Lipinski definition) is 0. The molecule has 0 spiro atoms. The molecule has 0 N–H and O–H groups in total. The summed E-state index contributed by atoms with van der Waals surface area (Å²) in [4.78, 5) is 14.2. The first-order valence-corrected chi connectivity index (χ1v) is 8.48. The van der Waals surface area contributed by atoms with Crippen LogP contribution in [0, 0.1) is 0 Å². The van der Waals surface area contributed by atoms with Crippen LogP contribution in [0.3, 0.4) is 0 Å². The first-order valence-electron chi connectivity index (χ1n) is 7.66. The highest BCUT2D eigenvalue weighted by molar-refractivity contribution is 8.04. The Morgan fingerprint density at radius 1 is 1.00 bits per heavy atom. The van der Waals surface area contributed by atoms with Gasteiger partial charge in [-0.1, -0.05) is 36.0 Å². The molecule has 0 aromatic heterocycles. The molecule has 0 saturated heterocycles. The Morgan fingerprint density at radius 2 is 1.78 bits per heavy atom. The highest BCUT2D eigenvalue weighted by Crippen LogP contribution is 2.42. The van der Waals surface area contributed by atoms with Crippen molar-refractivity contribution < 1.29 is 14.3 Å². The number of ketones is 1. The Balaban J connectivity index is 2.00. The van der Waals surface area contributed by atoms with Crippen molar-refractivity contribution in [3.63, 3.8) is 0 Å². The van der Waals surface area contributed by atoms with Crippen molar-refractivity contribution in [2.24, 2.45) is 0 Å². The molecule has 0 atom stereocenters. The van der Waals surface area contributed by atoms with Gasteiger partial charge >= 0.3 is 0 Å². The Kier molecular flexibility index (Phi) is 4.72. The normalized spacial score (nSPS) is 14.9. The summed E-state index contributed by atoms with van der Waals surface area (Å²) in [7, 11) is 0. The number of ether oxygens (including phenoxy) is 2. The van der Waals surface area contributed by atoms with Crippen LogP contribution in [0.1, 0.15) is 29.8 Å². The van der Waals surface area contributed by atoms with Gasteiger partial charge in [-0.3, -0.25) is 4.79 Å². The molecule has 118 valence electrons. The first kappa shape index (κ1) is 15.7. The summed E-state index contributed by atoms with van der Waals surface area (Å²) in [6.45, 7) is 4.99. The van der Waals surface area contributed by atoms with E-state index in [1.807, 2.05) is 62.4 Å². The predicted octanol–water partition coefficient (Wildman–Crippen LogP) is 4.81. The van der Waals surface area contributed by atoms with Crippen molar-refractivity contribution in [1.29, 1.82) is 0 Å². The van der Waals surface area contributed by atoms with Gasteiger partial charge in [0.25, 0.3) is 0 Å². The average molecular weight is 326 g/mol. The van der Waals surface area contributed by atoms with Gasteiger partial charge in [0.15, 0.2) is 11.5 Å². The maximum atomic E-state index is 12.5. The number of thioether (sulfide) groups is 1. The van der Waals surface area contributed by atoms with Crippen molar-refractivity contribution in [3.05, 3.63) is 58.5 Å². The summed E-state index contributed by atoms with van der Waals surface area (Å²) < 4.78 is 11.4. The van der Waals surface area contributed by atoms with Crippen LogP contribution >= 0.6 is 11.8 Å². The second-order valence-corrected chi connectivity index (χ2v) is 6.06. The lowest BCUT2D eigenvalue weighted by molar-refractivity contribution is 0.104. The SMILES string of the molecule is CCOc1cccc(/C=C2\Sc3ccccc3C2=O)c1OCC. The zero-order valence-corrected chi connectivity index (χ0v) is 14.0. The van der Waals surface area contributed by atoms with Gasteiger partial charge in [-0.15, -0.1) is 0 Å². The third-order valence-corrected chi connectivity index (χ3v) is 4.56. The van der Waals surface area contributed by atoms with Crippen LogP contribution in [-0.2, 0) is 0 Å². The highest BCUT2D eigenvalue weighted by atomic mass is 32.2. The summed E-state index contributed by atoms with van der Waals surface area (Å²) in [5, 5.41) is 0. The summed E-state index contributed by atoms with van der Waals surface area (Å²) in [5.41, 5.74) is 1.63. The van der Waals surface area contributed by atoms with Crippen LogP contribution in [0.4, 0.5) is 0 Å². The van der Waals surface area contributed by atoms with Gasteiger partial charge in [-0.25, -0.2) is 0 Å². The minimum Gasteiger partial charge on any atom is -0.490 e. The lowest BCUT2D eigenvalue weighted by Crippen LogP contribution is -2.00. The fourth-order valence-corrected chi connectivity index (χ4v) is 3.53. The van der Waals surface area contributed by atoms with Gasteiger partial charge in [-0.2, -0.15) is 0 Å². The number of benzene rings is 2. The monoisotopic (exact) mass is 326 g/mol. The van der Waals surface area contributed by atoms with E-state index in [1.54, 1.807) is 0 Å². The van der Waals surface area contributed by atoms with E-state index in [0.717, 1.165) is 16.0 Å². The van der Waals surface area contributed by atoms with Crippen molar-refractivity contribution >= 4 is 23.6 Å². The molecule has 2 aromatic carbocycles. The lowest BCUT2D eigenvalue weighted by Gasteiger charge is -2.13.